The van der Waals surface area contributed by atoms with Crippen LogP contribution in [0.25, 0.3) is 11.0 Å². The summed E-state index contributed by atoms with van der Waals surface area (Å²) in [6, 6.07) is 14.5. The minimum Gasteiger partial charge on any atom is -0.310 e. The van der Waals surface area contributed by atoms with Gasteiger partial charge in [-0.05, 0) is 36.1 Å². The van der Waals surface area contributed by atoms with Gasteiger partial charge in [0.1, 0.15) is 6.04 Å². The van der Waals surface area contributed by atoms with Crippen molar-refractivity contribution in [2.24, 2.45) is 0 Å². The first-order valence-corrected chi connectivity index (χ1v) is 11.5. The highest BCUT2D eigenvalue weighted by Crippen LogP contribution is 2.27. The Morgan fingerprint density at radius 2 is 1.83 bits per heavy atom. The average Bonchev–Trinajstić information content (AvgIpc) is 3.04. The van der Waals surface area contributed by atoms with Crippen LogP contribution >= 0.6 is 0 Å². The first kappa shape index (κ1) is 19.6. The fourth-order valence-electron chi connectivity index (χ4n) is 3.89. The Bertz CT molecular complexity index is 1170. The maximum absolute atomic E-state index is 13.2. The normalized spacial score (nSPS) is 17.2. The van der Waals surface area contributed by atoms with Crippen molar-refractivity contribution in [2.45, 2.75) is 38.9 Å². The minimum atomic E-state index is -3.55. The molecule has 0 radical (unpaired) electrons. The lowest BCUT2D eigenvalue weighted by Gasteiger charge is -2.34. The molecule has 0 saturated heterocycles. The van der Waals surface area contributed by atoms with E-state index in [1.54, 1.807) is 0 Å². The summed E-state index contributed by atoms with van der Waals surface area (Å²) < 4.78 is 28.0. The number of fused-ring (bicyclic) bond motifs is 2. The zero-order valence-electron chi connectivity index (χ0n) is 16.5. The lowest BCUT2D eigenvalue weighted by Crippen LogP contribution is -2.50. The highest BCUT2D eigenvalue weighted by atomic mass is 32.2. The van der Waals surface area contributed by atoms with Crippen LogP contribution in [0.15, 0.2) is 48.5 Å². The molecule has 2 aromatic carbocycles. The number of carbonyl (C=O) groups is 1. The van der Waals surface area contributed by atoms with E-state index >= 15 is 0 Å². The van der Waals surface area contributed by atoms with Gasteiger partial charge in [0, 0.05) is 13.1 Å². The van der Waals surface area contributed by atoms with Gasteiger partial charge in [-0.1, -0.05) is 43.3 Å². The summed E-state index contributed by atoms with van der Waals surface area (Å²) in [4.78, 5) is 17.8. The van der Waals surface area contributed by atoms with Crippen molar-refractivity contribution < 1.29 is 13.2 Å². The second kappa shape index (κ2) is 7.61. The summed E-state index contributed by atoms with van der Waals surface area (Å²) in [5.41, 5.74) is 3.67. The molecular weight excluding hydrogens is 388 g/mol. The Morgan fingerprint density at radius 3 is 2.55 bits per heavy atom. The molecule has 3 aromatic rings. The Kier molecular flexibility index (Phi) is 5.14. The quantitative estimate of drug-likeness (QED) is 0.698. The van der Waals surface area contributed by atoms with Crippen molar-refractivity contribution in [3.05, 3.63) is 59.7 Å². The molecule has 152 valence electrons. The van der Waals surface area contributed by atoms with E-state index in [0.29, 0.717) is 18.9 Å². The van der Waals surface area contributed by atoms with Crippen LogP contribution in [0.5, 0.6) is 0 Å². The van der Waals surface area contributed by atoms with Gasteiger partial charge in [0.15, 0.2) is 0 Å². The molecule has 1 N–H and O–H groups in total. The van der Waals surface area contributed by atoms with Gasteiger partial charge >= 0.3 is 0 Å². The largest absolute Gasteiger partial charge is 0.310 e. The van der Waals surface area contributed by atoms with Crippen LogP contribution < -0.4 is 5.32 Å². The molecule has 0 spiro atoms. The zero-order chi connectivity index (χ0) is 20.6. The highest BCUT2D eigenvalue weighted by molar-refractivity contribution is 7.88. The number of imidazole rings is 1. The van der Waals surface area contributed by atoms with Gasteiger partial charge in [-0.2, -0.15) is 4.31 Å². The van der Waals surface area contributed by atoms with E-state index in [-0.39, 0.29) is 12.5 Å². The van der Waals surface area contributed by atoms with Crippen molar-refractivity contribution in [2.75, 3.05) is 11.6 Å². The molecule has 0 unspecified atom stereocenters. The van der Waals surface area contributed by atoms with Crippen LogP contribution in [-0.2, 0) is 34.3 Å². The van der Waals surface area contributed by atoms with Crippen LogP contribution in [0.3, 0.4) is 0 Å². The summed E-state index contributed by atoms with van der Waals surface area (Å²) in [6.45, 7) is 2.96. The molecule has 1 aliphatic rings. The van der Waals surface area contributed by atoms with Crippen LogP contribution in [0.1, 0.15) is 24.5 Å². The number of benzene rings is 2. The van der Waals surface area contributed by atoms with Gasteiger partial charge in [0.25, 0.3) is 0 Å². The number of hydrogen-bond acceptors (Lipinski definition) is 4. The third kappa shape index (κ3) is 3.77. The molecule has 0 bridgehead atoms. The van der Waals surface area contributed by atoms with E-state index in [0.717, 1.165) is 34.8 Å². The summed E-state index contributed by atoms with van der Waals surface area (Å²) in [7, 11) is -3.55. The van der Waals surface area contributed by atoms with E-state index in [1.807, 2.05) is 53.1 Å². The number of rotatable bonds is 5. The van der Waals surface area contributed by atoms with E-state index in [4.69, 9.17) is 0 Å². The number of nitrogens with zero attached hydrogens (tertiary/aromatic N) is 3. The molecule has 1 amide bonds. The van der Waals surface area contributed by atoms with Crippen LogP contribution in [-0.4, -0.2) is 40.5 Å². The number of para-hydroxylation sites is 2. The van der Waals surface area contributed by atoms with Crippen molar-refractivity contribution in [3.8, 4) is 0 Å². The molecule has 7 nitrogen and oxygen atoms in total. The molecule has 0 fully saturated rings. The summed E-state index contributed by atoms with van der Waals surface area (Å²) in [5.74, 6) is 0.0861. The minimum absolute atomic E-state index is 0.193. The van der Waals surface area contributed by atoms with E-state index in [2.05, 4.69) is 17.2 Å². The maximum atomic E-state index is 13.2. The van der Waals surface area contributed by atoms with Gasteiger partial charge < -0.3 is 4.57 Å². The fourth-order valence-corrected chi connectivity index (χ4v) is 4.89. The first-order chi connectivity index (χ1) is 13.9. The van der Waals surface area contributed by atoms with Crippen molar-refractivity contribution in [3.63, 3.8) is 0 Å². The first-order valence-electron chi connectivity index (χ1n) is 9.68. The third-order valence-electron chi connectivity index (χ3n) is 5.27. The van der Waals surface area contributed by atoms with Gasteiger partial charge in [0.2, 0.25) is 21.9 Å². The summed E-state index contributed by atoms with van der Waals surface area (Å²) >= 11 is 0. The fraction of sp³-hybridized carbons (Fsp3) is 0.333. The Hall–Kier alpha value is -2.71. The number of amides is 1. The van der Waals surface area contributed by atoms with Crippen molar-refractivity contribution in [1.82, 2.24) is 13.9 Å². The Labute approximate surface area is 170 Å². The molecule has 1 aromatic heterocycles. The monoisotopic (exact) mass is 412 g/mol. The number of nitrogens with one attached hydrogen (secondary N) is 1. The lowest BCUT2D eigenvalue weighted by atomic mass is 9.95. The molecule has 1 atom stereocenters. The molecule has 4 rings (SSSR count). The third-order valence-corrected chi connectivity index (χ3v) is 6.51. The highest BCUT2D eigenvalue weighted by Gasteiger charge is 2.37. The molecule has 0 saturated carbocycles. The molecule has 1 aliphatic heterocycles. The SMILES string of the molecule is CCCn1c(NC(=O)[C@@H]2Cc3ccccc3CN2S(C)(=O)=O)nc2ccccc21. The number of hydrogen-bond donors (Lipinski definition) is 1. The Balaban J connectivity index is 1.68. The molecule has 29 heavy (non-hydrogen) atoms. The average molecular weight is 413 g/mol. The summed E-state index contributed by atoms with van der Waals surface area (Å²) in [6.07, 6.45) is 2.37. The molecule has 0 aliphatic carbocycles. The van der Waals surface area contributed by atoms with Gasteiger partial charge in [-0.3, -0.25) is 10.1 Å². The number of sulfonamides is 1. The maximum Gasteiger partial charge on any atom is 0.245 e. The molecule has 2 heterocycles. The number of aromatic nitrogens is 2. The van der Waals surface area contributed by atoms with Crippen LogP contribution in [0.2, 0.25) is 0 Å². The van der Waals surface area contributed by atoms with Gasteiger partial charge in [-0.15, -0.1) is 0 Å². The Morgan fingerprint density at radius 1 is 1.14 bits per heavy atom. The van der Waals surface area contributed by atoms with E-state index in [9.17, 15) is 13.2 Å². The second-order valence-corrected chi connectivity index (χ2v) is 9.30. The van der Waals surface area contributed by atoms with Gasteiger partial charge in [0.05, 0.1) is 17.3 Å². The predicted octanol–water partition coefficient (Wildman–Crippen LogP) is 2.77. The lowest BCUT2D eigenvalue weighted by molar-refractivity contribution is -0.120. The number of aryl methyl sites for hydroxylation is 1. The van der Waals surface area contributed by atoms with Crippen LogP contribution in [0.4, 0.5) is 5.95 Å². The van der Waals surface area contributed by atoms with Crippen LogP contribution in [0, 0.1) is 0 Å². The van der Waals surface area contributed by atoms with Crippen molar-refractivity contribution in [1.29, 1.82) is 0 Å². The topological polar surface area (TPSA) is 84.3 Å². The molecular formula is C21H24N4O3S. The van der Waals surface area contributed by atoms with E-state index < -0.39 is 16.1 Å². The summed E-state index contributed by atoms with van der Waals surface area (Å²) in [5, 5.41) is 2.89. The smallest absolute Gasteiger partial charge is 0.245 e. The number of carbonyl (C=O) groups excluding carboxylic acids is 1. The molecule has 8 heteroatoms. The number of anilines is 1. The van der Waals surface area contributed by atoms with Gasteiger partial charge in [-0.25, -0.2) is 13.4 Å². The standard InChI is InChI=1S/C21H24N4O3S/c1-3-12-24-18-11-7-6-10-17(18)22-21(24)23-20(26)19-13-15-8-4-5-9-16(15)14-25(19)29(2,27)28/h4-11,19H,3,12-14H2,1-2H3,(H,22,23,26)/t19-/m0/s1. The van der Waals surface area contributed by atoms with Crippen molar-refractivity contribution >= 4 is 32.9 Å². The van der Waals surface area contributed by atoms with E-state index in [1.165, 1.54) is 4.31 Å². The predicted molar refractivity (Wildman–Crippen MR) is 113 cm³/mol. The second-order valence-electron chi connectivity index (χ2n) is 7.36. The zero-order valence-corrected chi connectivity index (χ0v) is 17.3.